The van der Waals surface area contributed by atoms with Crippen molar-refractivity contribution in [3.63, 3.8) is 0 Å². The fraction of sp³-hybridized carbons (Fsp3) is 0.333. The molecule has 0 fully saturated rings. The molecule has 0 aliphatic heterocycles. The van der Waals surface area contributed by atoms with Crippen molar-refractivity contribution in [2.24, 2.45) is 0 Å². The summed E-state index contributed by atoms with van der Waals surface area (Å²) in [6, 6.07) is 7.86. The Balaban J connectivity index is 2.63. The Labute approximate surface area is 112 Å². The average Bonchev–Trinajstić information content (AvgIpc) is 2.78. The molecule has 100 valence electrons. The molecule has 1 aromatic carbocycles. The van der Waals surface area contributed by atoms with E-state index in [1.165, 1.54) is 0 Å². The van der Waals surface area contributed by atoms with E-state index < -0.39 is 5.97 Å². The molecule has 4 nitrogen and oxygen atoms in total. The lowest BCUT2D eigenvalue weighted by molar-refractivity contribution is -0.255. The highest BCUT2D eigenvalue weighted by molar-refractivity contribution is 5.88. The number of hydrogen-bond donors (Lipinski definition) is 0. The van der Waals surface area contributed by atoms with Crippen molar-refractivity contribution in [2.45, 2.75) is 33.6 Å². The van der Waals surface area contributed by atoms with Crippen LogP contribution in [0.4, 0.5) is 0 Å². The molecule has 4 heteroatoms. The van der Waals surface area contributed by atoms with Gasteiger partial charge in [0.15, 0.2) is 0 Å². The van der Waals surface area contributed by atoms with Gasteiger partial charge in [0.2, 0.25) is 0 Å². The van der Waals surface area contributed by atoms with E-state index in [4.69, 9.17) is 0 Å². The summed E-state index contributed by atoms with van der Waals surface area (Å²) < 4.78 is 1.71. The van der Waals surface area contributed by atoms with Gasteiger partial charge in [0, 0.05) is 5.56 Å². The monoisotopic (exact) mass is 257 g/mol. The summed E-state index contributed by atoms with van der Waals surface area (Å²) in [7, 11) is 0. The topological polar surface area (TPSA) is 58.0 Å². The summed E-state index contributed by atoms with van der Waals surface area (Å²) in [5, 5.41) is 15.7. The van der Waals surface area contributed by atoms with Crippen LogP contribution >= 0.6 is 0 Å². The number of aromatic nitrogens is 2. The van der Waals surface area contributed by atoms with Crippen LogP contribution in [0.3, 0.4) is 0 Å². The molecule has 0 aliphatic rings. The van der Waals surface area contributed by atoms with Gasteiger partial charge in [0.05, 0.1) is 23.0 Å². The van der Waals surface area contributed by atoms with Crippen molar-refractivity contribution in [3.8, 4) is 5.69 Å². The molecule has 0 atom stereocenters. The van der Waals surface area contributed by atoms with Gasteiger partial charge in [-0.05, 0) is 31.9 Å². The lowest BCUT2D eigenvalue weighted by Crippen LogP contribution is -2.24. The van der Waals surface area contributed by atoms with Crippen molar-refractivity contribution in [2.75, 3.05) is 0 Å². The molecule has 0 bridgehead atoms. The summed E-state index contributed by atoms with van der Waals surface area (Å²) >= 11 is 0. The molecule has 19 heavy (non-hydrogen) atoms. The average molecular weight is 257 g/mol. The van der Waals surface area contributed by atoms with E-state index in [0.717, 1.165) is 11.3 Å². The van der Waals surface area contributed by atoms with Crippen LogP contribution in [-0.2, 0) is 12.8 Å². The second-order valence-electron chi connectivity index (χ2n) is 4.51. The first-order chi connectivity index (χ1) is 9.08. The highest BCUT2D eigenvalue weighted by Gasteiger charge is 2.17. The maximum Gasteiger partial charge on any atom is 0.0752 e. The molecule has 2 aromatic rings. The van der Waals surface area contributed by atoms with E-state index >= 15 is 0 Å². The van der Waals surface area contributed by atoms with Gasteiger partial charge in [-0.3, -0.25) is 0 Å². The van der Waals surface area contributed by atoms with Crippen molar-refractivity contribution >= 4 is 5.97 Å². The Morgan fingerprint density at radius 1 is 1.21 bits per heavy atom. The van der Waals surface area contributed by atoms with Crippen LogP contribution in [0.25, 0.3) is 5.69 Å². The lowest BCUT2D eigenvalue weighted by atomic mass is 10.1. The van der Waals surface area contributed by atoms with E-state index in [1.54, 1.807) is 4.68 Å². The van der Waals surface area contributed by atoms with Crippen LogP contribution in [-0.4, -0.2) is 15.7 Å². The lowest BCUT2D eigenvalue weighted by Gasteiger charge is -2.08. The molecule has 0 aliphatic carbocycles. The Morgan fingerprint density at radius 2 is 1.84 bits per heavy atom. The smallest absolute Gasteiger partial charge is 0.0752 e. The van der Waals surface area contributed by atoms with Crippen LogP contribution in [0.2, 0.25) is 0 Å². The number of rotatable bonds is 4. The fourth-order valence-electron chi connectivity index (χ4n) is 2.21. The Morgan fingerprint density at radius 3 is 2.32 bits per heavy atom. The molecule has 2 rings (SSSR count). The van der Waals surface area contributed by atoms with E-state index in [-0.39, 0.29) is 5.56 Å². The number of carbonyl (C=O) groups excluding carboxylic acids is 1. The van der Waals surface area contributed by atoms with Crippen LogP contribution < -0.4 is 5.11 Å². The second-order valence-corrected chi connectivity index (χ2v) is 4.51. The van der Waals surface area contributed by atoms with Gasteiger partial charge in [-0.2, -0.15) is 5.10 Å². The maximum atomic E-state index is 11.3. The summed E-state index contributed by atoms with van der Waals surface area (Å²) in [5.74, 6) is -1.15. The minimum absolute atomic E-state index is 0.241. The third-order valence-electron chi connectivity index (χ3n) is 3.21. The molecule has 0 saturated heterocycles. The number of nitrogens with zero attached hydrogens (tertiary/aromatic N) is 2. The molecule has 0 spiro atoms. The third-order valence-corrected chi connectivity index (χ3v) is 3.21. The van der Waals surface area contributed by atoms with Crippen LogP contribution in [0.5, 0.6) is 0 Å². The quantitative estimate of drug-likeness (QED) is 0.837. The molecular formula is C15H17N2O2-. The number of benzene rings is 1. The largest absolute Gasteiger partial charge is 0.545 e. The van der Waals surface area contributed by atoms with E-state index in [0.29, 0.717) is 24.2 Å². The molecule has 0 amide bonds. The van der Waals surface area contributed by atoms with Crippen molar-refractivity contribution in [1.29, 1.82) is 0 Å². The zero-order chi connectivity index (χ0) is 14.0. The van der Waals surface area contributed by atoms with Crippen LogP contribution in [0, 0.1) is 6.92 Å². The van der Waals surface area contributed by atoms with Crippen molar-refractivity contribution < 1.29 is 9.90 Å². The molecule has 0 saturated carbocycles. The van der Waals surface area contributed by atoms with Crippen LogP contribution in [0.1, 0.15) is 41.2 Å². The van der Waals surface area contributed by atoms with Gasteiger partial charge >= 0.3 is 0 Å². The van der Waals surface area contributed by atoms with Gasteiger partial charge in [0.25, 0.3) is 0 Å². The number of aryl methyl sites for hydroxylation is 2. The molecule has 0 unspecified atom stereocenters. The molecule has 1 heterocycles. The molecule has 0 N–H and O–H groups in total. The molecule has 1 aromatic heterocycles. The first kappa shape index (κ1) is 13.3. The van der Waals surface area contributed by atoms with Crippen molar-refractivity contribution in [1.82, 2.24) is 9.78 Å². The summed E-state index contributed by atoms with van der Waals surface area (Å²) in [4.78, 5) is 11.3. The fourth-order valence-corrected chi connectivity index (χ4v) is 2.21. The zero-order valence-electron chi connectivity index (χ0n) is 11.4. The Bertz CT molecular complexity index is 597. The maximum absolute atomic E-state index is 11.3. The molecule has 0 radical (unpaired) electrons. The minimum atomic E-state index is -1.15. The van der Waals surface area contributed by atoms with E-state index in [9.17, 15) is 9.90 Å². The predicted molar refractivity (Wildman–Crippen MR) is 71.4 cm³/mol. The van der Waals surface area contributed by atoms with Gasteiger partial charge in [0.1, 0.15) is 0 Å². The summed E-state index contributed by atoms with van der Waals surface area (Å²) in [6.45, 7) is 5.83. The summed E-state index contributed by atoms with van der Waals surface area (Å²) in [5.41, 5.74) is 3.55. The standard InChI is InChI=1S/C15H18N2O2/c1-4-12-14(15(18)19)13(5-2)17(16-12)11-8-6-10(3)7-9-11/h6-9H,4-5H2,1-3H3,(H,18,19)/p-1. The SMILES string of the molecule is CCc1nn(-c2ccc(C)cc2)c(CC)c1C(=O)[O-]. The van der Waals surface area contributed by atoms with Gasteiger partial charge in [-0.15, -0.1) is 0 Å². The predicted octanol–water partition coefficient (Wildman–Crippen LogP) is 1.67. The normalized spacial score (nSPS) is 10.7. The van der Waals surface area contributed by atoms with Crippen molar-refractivity contribution in [3.05, 3.63) is 46.8 Å². The minimum Gasteiger partial charge on any atom is -0.545 e. The van der Waals surface area contributed by atoms with E-state index in [1.807, 2.05) is 45.0 Å². The molecular weight excluding hydrogens is 240 g/mol. The highest BCUT2D eigenvalue weighted by atomic mass is 16.4. The number of aromatic carboxylic acids is 1. The number of hydrogen-bond acceptors (Lipinski definition) is 3. The first-order valence-electron chi connectivity index (χ1n) is 6.47. The van der Waals surface area contributed by atoms with E-state index in [2.05, 4.69) is 5.10 Å². The first-order valence-corrected chi connectivity index (χ1v) is 6.47. The van der Waals surface area contributed by atoms with Gasteiger partial charge < -0.3 is 9.90 Å². The Hall–Kier alpha value is -2.10. The second kappa shape index (κ2) is 5.26. The van der Waals surface area contributed by atoms with Crippen LogP contribution in [0.15, 0.2) is 24.3 Å². The third kappa shape index (κ3) is 2.38. The zero-order valence-corrected chi connectivity index (χ0v) is 11.4. The van der Waals surface area contributed by atoms with Gasteiger partial charge in [-0.1, -0.05) is 31.5 Å². The number of carbonyl (C=O) groups is 1. The Kier molecular flexibility index (Phi) is 3.69. The number of carboxylic acid groups (broad SMARTS) is 1. The van der Waals surface area contributed by atoms with Gasteiger partial charge in [-0.25, -0.2) is 4.68 Å². The summed E-state index contributed by atoms with van der Waals surface area (Å²) in [6.07, 6.45) is 1.18. The number of carboxylic acids is 1. The highest BCUT2D eigenvalue weighted by Crippen LogP contribution is 2.20.